The van der Waals surface area contributed by atoms with Crippen LogP contribution >= 0.6 is 11.3 Å². The molecule has 0 aromatic carbocycles. The molecule has 0 amide bonds. The average molecular weight is 362 g/mol. The molecule has 6 nitrogen and oxygen atoms in total. The lowest BCUT2D eigenvalue weighted by Gasteiger charge is -2.21. The van der Waals surface area contributed by atoms with Gasteiger partial charge in [-0.25, -0.2) is 8.42 Å². The summed E-state index contributed by atoms with van der Waals surface area (Å²) in [5.41, 5.74) is 0. The summed E-state index contributed by atoms with van der Waals surface area (Å²) in [5.74, 6) is 0.896. The van der Waals surface area contributed by atoms with Crippen molar-refractivity contribution in [1.29, 1.82) is 0 Å². The molecule has 0 bridgehead atoms. The van der Waals surface area contributed by atoms with Gasteiger partial charge in [-0.1, -0.05) is 6.07 Å². The van der Waals surface area contributed by atoms with Gasteiger partial charge in [-0.15, -0.1) is 11.3 Å². The number of guanidine groups is 1. The molecular weight excluding hydrogens is 334 g/mol. The van der Waals surface area contributed by atoms with Crippen LogP contribution in [0, 0.1) is 0 Å². The highest BCUT2D eigenvalue weighted by Gasteiger charge is 2.06. The Morgan fingerprint density at radius 3 is 2.83 bits per heavy atom. The van der Waals surface area contributed by atoms with Crippen molar-refractivity contribution in [2.24, 2.45) is 4.99 Å². The number of hydrogen-bond acceptors (Lipinski definition) is 5. The third kappa shape index (κ3) is 9.58. The molecule has 8 heteroatoms. The van der Waals surface area contributed by atoms with E-state index in [4.69, 9.17) is 4.74 Å². The van der Waals surface area contributed by atoms with E-state index in [0.29, 0.717) is 13.2 Å². The number of sulfone groups is 1. The predicted molar refractivity (Wildman–Crippen MR) is 97.2 cm³/mol. The molecule has 0 unspecified atom stereocenters. The molecule has 0 aliphatic rings. The normalized spacial score (nSPS) is 12.4. The van der Waals surface area contributed by atoms with Gasteiger partial charge >= 0.3 is 0 Å². The first-order chi connectivity index (χ1) is 10.9. The fourth-order valence-corrected chi connectivity index (χ4v) is 2.96. The Balaban J connectivity index is 2.33. The minimum absolute atomic E-state index is 0.0531. The molecule has 1 heterocycles. The zero-order chi connectivity index (χ0) is 17.1. The molecule has 0 saturated carbocycles. The predicted octanol–water partition coefficient (Wildman–Crippen LogP) is 1.25. The largest absolute Gasteiger partial charge is 0.378 e. The standard InChI is InChI=1S/C15H27N3O3S2/c1-4-16-15(17-8-10-21-11-13-23(3,19)20)18(2)9-7-14-6-5-12-22-14/h5-6,12H,4,7-11,13H2,1-3H3,(H,16,17). The van der Waals surface area contributed by atoms with E-state index < -0.39 is 9.84 Å². The molecule has 132 valence electrons. The second-order valence-electron chi connectivity index (χ2n) is 5.23. The van der Waals surface area contributed by atoms with Gasteiger partial charge in [0.05, 0.1) is 25.5 Å². The highest BCUT2D eigenvalue weighted by atomic mass is 32.2. The summed E-state index contributed by atoms with van der Waals surface area (Å²) in [4.78, 5) is 7.96. The molecule has 0 saturated heterocycles. The highest BCUT2D eigenvalue weighted by Crippen LogP contribution is 2.09. The molecule has 1 N–H and O–H groups in total. The van der Waals surface area contributed by atoms with E-state index in [9.17, 15) is 8.42 Å². The minimum Gasteiger partial charge on any atom is -0.378 e. The quantitative estimate of drug-likeness (QED) is 0.386. The summed E-state index contributed by atoms with van der Waals surface area (Å²) in [6.07, 6.45) is 2.20. The van der Waals surface area contributed by atoms with Gasteiger partial charge in [-0.2, -0.15) is 0 Å². The molecule has 0 fully saturated rings. The van der Waals surface area contributed by atoms with E-state index in [0.717, 1.165) is 25.5 Å². The van der Waals surface area contributed by atoms with Crippen molar-refractivity contribution < 1.29 is 13.2 Å². The number of aliphatic imine (C=N–C) groups is 1. The van der Waals surface area contributed by atoms with Crippen LogP contribution in [0.3, 0.4) is 0 Å². The molecule has 1 aromatic rings. The molecule has 0 spiro atoms. The van der Waals surface area contributed by atoms with Crippen LogP contribution in [0.5, 0.6) is 0 Å². The van der Waals surface area contributed by atoms with Crippen LogP contribution in [0.15, 0.2) is 22.5 Å². The molecule has 0 radical (unpaired) electrons. The van der Waals surface area contributed by atoms with E-state index in [-0.39, 0.29) is 12.4 Å². The maximum Gasteiger partial charge on any atom is 0.193 e. The van der Waals surface area contributed by atoms with Crippen LogP contribution < -0.4 is 5.32 Å². The van der Waals surface area contributed by atoms with Crippen LogP contribution in [0.4, 0.5) is 0 Å². The molecule has 0 aliphatic carbocycles. The first kappa shape index (κ1) is 19.9. The summed E-state index contributed by atoms with van der Waals surface area (Å²) >= 11 is 1.76. The maximum absolute atomic E-state index is 11.0. The molecule has 0 atom stereocenters. The average Bonchev–Trinajstić information content (AvgIpc) is 2.99. The van der Waals surface area contributed by atoms with Crippen molar-refractivity contribution in [3.05, 3.63) is 22.4 Å². The first-order valence-electron chi connectivity index (χ1n) is 7.69. The number of likely N-dealkylation sites (N-methyl/N-ethyl adjacent to an activating group) is 1. The van der Waals surface area contributed by atoms with E-state index in [2.05, 4.69) is 32.7 Å². The Morgan fingerprint density at radius 2 is 2.22 bits per heavy atom. The van der Waals surface area contributed by atoms with Crippen LogP contribution in [0.25, 0.3) is 0 Å². The lowest BCUT2D eigenvalue weighted by molar-refractivity contribution is 0.157. The van der Waals surface area contributed by atoms with Crippen molar-refractivity contribution >= 4 is 27.1 Å². The molecule has 0 aliphatic heterocycles. The Bertz CT molecular complexity index is 557. The van der Waals surface area contributed by atoms with Crippen LogP contribution in [-0.4, -0.2) is 71.2 Å². The summed E-state index contributed by atoms with van der Waals surface area (Å²) in [5, 5.41) is 5.34. The Hall–Kier alpha value is -1.12. The van der Waals surface area contributed by atoms with Crippen molar-refractivity contribution in [3.63, 3.8) is 0 Å². The molecular formula is C15H27N3O3S2. The zero-order valence-corrected chi connectivity index (χ0v) is 15.8. The summed E-state index contributed by atoms with van der Waals surface area (Å²) in [6, 6.07) is 4.20. The van der Waals surface area contributed by atoms with Crippen LogP contribution in [0.1, 0.15) is 11.8 Å². The second kappa shape index (κ2) is 10.6. The smallest absolute Gasteiger partial charge is 0.193 e. The number of hydrogen-bond donors (Lipinski definition) is 1. The van der Waals surface area contributed by atoms with Crippen LogP contribution in [0.2, 0.25) is 0 Å². The van der Waals surface area contributed by atoms with Gasteiger partial charge in [-0.05, 0) is 24.8 Å². The van der Waals surface area contributed by atoms with E-state index >= 15 is 0 Å². The monoisotopic (exact) mass is 361 g/mol. The van der Waals surface area contributed by atoms with Gasteiger partial charge in [-0.3, -0.25) is 4.99 Å². The molecule has 23 heavy (non-hydrogen) atoms. The summed E-state index contributed by atoms with van der Waals surface area (Å²) in [7, 11) is -0.945. The Morgan fingerprint density at radius 1 is 1.43 bits per heavy atom. The van der Waals surface area contributed by atoms with Gasteiger partial charge in [0.2, 0.25) is 0 Å². The van der Waals surface area contributed by atoms with Crippen molar-refractivity contribution in [2.75, 3.05) is 51.9 Å². The third-order valence-electron chi connectivity index (χ3n) is 3.07. The Kier molecular flexibility index (Phi) is 9.20. The van der Waals surface area contributed by atoms with Crippen molar-refractivity contribution in [2.45, 2.75) is 13.3 Å². The second-order valence-corrected chi connectivity index (χ2v) is 8.52. The summed E-state index contributed by atoms with van der Waals surface area (Å²) < 4.78 is 27.3. The van der Waals surface area contributed by atoms with Gasteiger partial charge in [0.25, 0.3) is 0 Å². The third-order valence-corrected chi connectivity index (χ3v) is 4.91. The lowest BCUT2D eigenvalue weighted by Crippen LogP contribution is -2.40. The first-order valence-corrected chi connectivity index (χ1v) is 10.6. The molecule has 1 rings (SSSR count). The molecule has 1 aromatic heterocycles. The van der Waals surface area contributed by atoms with Gasteiger partial charge in [0.1, 0.15) is 9.84 Å². The fourth-order valence-electron chi connectivity index (χ4n) is 1.84. The zero-order valence-electron chi connectivity index (χ0n) is 14.1. The summed E-state index contributed by atoms with van der Waals surface area (Å²) in [6.45, 7) is 4.88. The SMILES string of the molecule is CCNC(=NCCOCCS(C)(=O)=O)N(C)CCc1cccs1. The fraction of sp³-hybridized carbons (Fsp3) is 0.667. The topological polar surface area (TPSA) is 71.0 Å². The van der Waals surface area contributed by atoms with E-state index in [1.54, 1.807) is 11.3 Å². The van der Waals surface area contributed by atoms with Gasteiger partial charge in [0, 0.05) is 31.3 Å². The lowest BCUT2D eigenvalue weighted by atomic mass is 10.3. The number of ether oxygens (including phenoxy) is 1. The van der Waals surface area contributed by atoms with E-state index in [1.165, 1.54) is 11.1 Å². The maximum atomic E-state index is 11.0. The number of nitrogens with one attached hydrogen (secondary N) is 1. The Labute approximate surface area is 143 Å². The van der Waals surface area contributed by atoms with Crippen molar-refractivity contribution in [3.8, 4) is 0 Å². The number of rotatable bonds is 10. The number of thiophene rings is 1. The highest BCUT2D eigenvalue weighted by molar-refractivity contribution is 7.90. The van der Waals surface area contributed by atoms with Crippen molar-refractivity contribution in [1.82, 2.24) is 10.2 Å². The minimum atomic E-state index is -2.96. The van der Waals surface area contributed by atoms with Crippen LogP contribution in [-0.2, 0) is 21.0 Å². The van der Waals surface area contributed by atoms with Gasteiger partial charge < -0.3 is 15.0 Å². The number of nitrogens with zero attached hydrogens (tertiary/aromatic N) is 2. The van der Waals surface area contributed by atoms with E-state index in [1.807, 2.05) is 14.0 Å². The van der Waals surface area contributed by atoms with Gasteiger partial charge in [0.15, 0.2) is 5.96 Å².